The minimum atomic E-state index is -0.581. The predicted molar refractivity (Wildman–Crippen MR) is 90.2 cm³/mol. The first kappa shape index (κ1) is 16.6. The van der Waals surface area contributed by atoms with Crippen molar-refractivity contribution in [2.24, 2.45) is 10.9 Å². The molecule has 6 nitrogen and oxygen atoms in total. The van der Waals surface area contributed by atoms with Crippen molar-refractivity contribution in [2.45, 2.75) is 63.5 Å². The summed E-state index contributed by atoms with van der Waals surface area (Å²) in [6.45, 7) is 5.02. The predicted octanol–water partition coefficient (Wildman–Crippen LogP) is 0.857. The third kappa shape index (κ3) is 4.37. The summed E-state index contributed by atoms with van der Waals surface area (Å²) in [7, 11) is 0. The molecule has 0 aromatic rings. The fourth-order valence-corrected chi connectivity index (χ4v) is 3.32. The summed E-state index contributed by atoms with van der Waals surface area (Å²) < 4.78 is 0. The molecular formula is C17H30N4O2. The second kappa shape index (κ2) is 7.07. The Hall–Kier alpha value is -1.30. The fourth-order valence-electron chi connectivity index (χ4n) is 3.32. The van der Waals surface area contributed by atoms with Gasteiger partial charge in [0, 0.05) is 31.6 Å². The molecule has 0 bridgehead atoms. The van der Waals surface area contributed by atoms with E-state index in [4.69, 9.17) is 0 Å². The maximum absolute atomic E-state index is 12.1. The Morgan fingerprint density at radius 1 is 1.26 bits per heavy atom. The average Bonchev–Trinajstić information content (AvgIpc) is 3.36. The molecule has 6 heteroatoms. The molecule has 1 amide bonds. The van der Waals surface area contributed by atoms with Gasteiger partial charge < -0.3 is 20.6 Å². The van der Waals surface area contributed by atoms with E-state index in [9.17, 15) is 9.90 Å². The second-order valence-corrected chi connectivity index (χ2v) is 7.29. The van der Waals surface area contributed by atoms with Gasteiger partial charge >= 0.3 is 0 Å². The zero-order valence-electron chi connectivity index (χ0n) is 14.2. The van der Waals surface area contributed by atoms with Crippen LogP contribution in [-0.2, 0) is 4.79 Å². The number of carbonyl (C=O) groups is 1. The zero-order valence-corrected chi connectivity index (χ0v) is 14.2. The number of hydrogen-bond acceptors (Lipinski definition) is 3. The van der Waals surface area contributed by atoms with E-state index in [0.29, 0.717) is 24.4 Å². The van der Waals surface area contributed by atoms with Crippen LogP contribution >= 0.6 is 0 Å². The summed E-state index contributed by atoms with van der Waals surface area (Å²) in [6.07, 6.45) is 6.91. The first-order chi connectivity index (χ1) is 11.1. The van der Waals surface area contributed by atoms with Crippen LogP contribution in [0, 0.1) is 5.92 Å². The van der Waals surface area contributed by atoms with Gasteiger partial charge in [0.25, 0.3) is 0 Å². The molecule has 2 aliphatic carbocycles. The molecule has 1 aliphatic heterocycles. The first-order valence-electron chi connectivity index (χ1n) is 9.16. The zero-order chi connectivity index (χ0) is 16.3. The number of carbonyl (C=O) groups excluding carboxylic acids is 1. The summed E-state index contributed by atoms with van der Waals surface area (Å²) in [4.78, 5) is 18.7. The van der Waals surface area contributed by atoms with E-state index in [2.05, 4.69) is 15.6 Å². The van der Waals surface area contributed by atoms with E-state index < -0.39 is 5.60 Å². The number of amides is 1. The highest BCUT2D eigenvalue weighted by Gasteiger charge is 2.35. The van der Waals surface area contributed by atoms with Gasteiger partial charge in [-0.15, -0.1) is 0 Å². The number of aliphatic hydroxyl groups is 1. The molecule has 3 N–H and O–H groups in total. The lowest BCUT2D eigenvalue weighted by Gasteiger charge is -2.36. The van der Waals surface area contributed by atoms with Crippen LogP contribution in [0.1, 0.15) is 51.9 Å². The highest BCUT2D eigenvalue weighted by molar-refractivity contribution is 5.81. The summed E-state index contributed by atoms with van der Waals surface area (Å²) in [6, 6.07) is 0.354. The number of guanidine groups is 1. The minimum Gasteiger partial charge on any atom is -0.388 e. The molecule has 3 aliphatic rings. The van der Waals surface area contributed by atoms with Crippen LogP contribution in [0.15, 0.2) is 4.99 Å². The number of likely N-dealkylation sites (tertiary alicyclic amines) is 1. The van der Waals surface area contributed by atoms with Gasteiger partial charge in [-0.3, -0.25) is 9.79 Å². The third-order valence-electron chi connectivity index (χ3n) is 5.23. The van der Waals surface area contributed by atoms with Gasteiger partial charge in [-0.05, 0) is 51.9 Å². The van der Waals surface area contributed by atoms with E-state index >= 15 is 0 Å². The summed E-state index contributed by atoms with van der Waals surface area (Å²) >= 11 is 0. The summed E-state index contributed by atoms with van der Waals surface area (Å²) in [5.41, 5.74) is -0.581. The van der Waals surface area contributed by atoms with E-state index in [1.54, 1.807) is 0 Å². The lowest BCUT2D eigenvalue weighted by molar-refractivity contribution is -0.133. The quantitative estimate of drug-likeness (QED) is 0.518. The molecule has 2 saturated carbocycles. The van der Waals surface area contributed by atoms with Gasteiger partial charge in [0.05, 0.1) is 12.1 Å². The topological polar surface area (TPSA) is 77.0 Å². The number of hydrogen-bond donors (Lipinski definition) is 3. The Morgan fingerprint density at radius 2 is 1.96 bits per heavy atom. The van der Waals surface area contributed by atoms with Gasteiger partial charge in [-0.25, -0.2) is 0 Å². The maximum atomic E-state index is 12.1. The average molecular weight is 322 g/mol. The van der Waals surface area contributed by atoms with Crippen LogP contribution in [0.4, 0.5) is 0 Å². The number of piperidine rings is 1. The normalized spacial score (nSPS) is 25.0. The smallest absolute Gasteiger partial charge is 0.225 e. The van der Waals surface area contributed by atoms with Crippen molar-refractivity contribution in [3.05, 3.63) is 0 Å². The van der Waals surface area contributed by atoms with Crippen LogP contribution in [0.2, 0.25) is 0 Å². The van der Waals surface area contributed by atoms with Crippen LogP contribution in [-0.4, -0.2) is 59.7 Å². The molecule has 0 radical (unpaired) electrons. The maximum Gasteiger partial charge on any atom is 0.225 e. The van der Waals surface area contributed by atoms with Gasteiger partial charge in [-0.2, -0.15) is 0 Å². The molecule has 3 rings (SSSR count). The fraction of sp³-hybridized carbons (Fsp3) is 0.882. The Balaban J connectivity index is 1.46. The Morgan fingerprint density at radius 3 is 2.48 bits per heavy atom. The van der Waals surface area contributed by atoms with Crippen LogP contribution in [0.3, 0.4) is 0 Å². The van der Waals surface area contributed by atoms with Gasteiger partial charge in [0.1, 0.15) is 0 Å². The van der Waals surface area contributed by atoms with Crippen molar-refractivity contribution in [2.75, 3.05) is 26.2 Å². The summed E-state index contributed by atoms with van der Waals surface area (Å²) in [5.74, 6) is 1.47. The van der Waals surface area contributed by atoms with Crippen molar-refractivity contribution in [1.82, 2.24) is 15.5 Å². The minimum absolute atomic E-state index is 0.321. The highest BCUT2D eigenvalue weighted by Crippen LogP contribution is 2.32. The van der Waals surface area contributed by atoms with Crippen LogP contribution in [0.5, 0.6) is 0 Å². The van der Waals surface area contributed by atoms with Crippen LogP contribution in [0.25, 0.3) is 0 Å². The number of aliphatic imine (C=N–C) groups is 1. The Bertz CT molecular complexity index is 450. The summed E-state index contributed by atoms with van der Waals surface area (Å²) in [5, 5.41) is 16.9. The second-order valence-electron chi connectivity index (χ2n) is 7.29. The van der Waals surface area contributed by atoms with Gasteiger partial charge in [0.15, 0.2) is 5.96 Å². The standard InChI is InChI=1S/C17H30N4O2/c1-2-18-16(19-12-17(23)8-3-9-17)20-14-6-10-21(11-7-14)15(22)13-4-5-13/h13-14,23H,2-12H2,1H3,(H2,18,19,20). The van der Waals surface area contributed by atoms with Crippen molar-refractivity contribution in [3.63, 3.8) is 0 Å². The Kier molecular flexibility index (Phi) is 5.09. The van der Waals surface area contributed by atoms with Crippen molar-refractivity contribution in [3.8, 4) is 0 Å². The molecule has 0 unspecified atom stereocenters. The molecule has 23 heavy (non-hydrogen) atoms. The third-order valence-corrected chi connectivity index (χ3v) is 5.23. The highest BCUT2D eigenvalue weighted by atomic mass is 16.3. The number of nitrogens with one attached hydrogen (secondary N) is 2. The molecule has 0 aromatic heterocycles. The molecule has 0 atom stereocenters. The first-order valence-corrected chi connectivity index (χ1v) is 9.16. The molecule has 130 valence electrons. The van der Waals surface area contributed by atoms with E-state index in [1.807, 2.05) is 11.8 Å². The molecule has 0 aromatic carbocycles. The van der Waals surface area contributed by atoms with Gasteiger partial charge in [-0.1, -0.05) is 0 Å². The largest absolute Gasteiger partial charge is 0.388 e. The van der Waals surface area contributed by atoms with Crippen molar-refractivity contribution >= 4 is 11.9 Å². The number of nitrogens with zero attached hydrogens (tertiary/aromatic N) is 2. The van der Waals surface area contributed by atoms with Gasteiger partial charge in [0.2, 0.25) is 5.91 Å². The van der Waals surface area contributed by atoms with Crippen LogP contribution < -0.4 is 10.6 Å². The van der Waals surface area contributed by atoms with E-state index in [-0.39, 0.29) is 0 Å². The molecule has 1 heterocycles. The van der Waals surface area contributed by atoms with Crippen molar-refractivity contribution < 1.29 is 9.90 Å². The monoisotopic (exact) mass is 322 g/mol. The SMILES string of the molecule is CCNC(=NCC1(O)CCC1)NC1CCN(C(=O)C2CC2)CC1. The Labute approximate surface area is 138 Å². The van der Waals surface area contributed by atoms with Crippen molar-refractivity contribution in [1.29, 1.82) is 0 Å². The molecular weight excluding hydrogens is 292 g/mol. The molecule has 1 saturated heterocycles. The lowest BCUT2D eigenvalue weighted by Crippen LogP contribution is -2.50. The number of rotatable bonds is 5. The van der Waals surface area contributed by atoms with E-state index in [1.165, 1.54) is 0 Å². The molecule has 3 fully saturated rings. The molecule has 0 spiro atoms. The lowest BCUT2D eigenvalue weighted by atomic mass is 9.80. The van der Waals surface area contributed by atoms with E-state index in [0.717, 1.165) is 70.5 Å².